The fourth-order valence-corrected chi connectivity index (χ4v) is 4.83. The number of benzene rings is 1. The van der Waals surface area contributed by atoms with Gasteiger partial charge in [0.25, 0.3) is 0 Å². The van der Waals surface area contributed by atoms with Crippen LogP contribution in [0.15, 0.2) is 18.2 Å². The van der Waals surface area contributed by atoms with E-state index >= 15 is 0 Å². The van der Waals surface area contributed by atoms with Gasteiger partial charge in [-0.25, -0.2) is 0 Å². The van der Waals surface area contributed by atoms with E-state index in [9.17, 15) is 13.2 Å². The summed E-state index contributed by atoms with van der Waals surface area (Å²) in [5.41, 5.74) is -0.489. The van der Waals surface area contributed by atoms with Crippen LogP contribution in [0.2, 0.25) is 0 Å². The topological polar surface area (TPSA) is 80.7 Å². The van der Waals surface area contributed by atoms with Crippen LogP contribution in [0.5, 0.6) is 5.75 Å². The quantitative estimate of drug-likeness (QED) is 0.823. The zero-order valence-corrected chi connectivity index (χ0v) is 14.0. The van der Waals surface area contributed by atoms with Gasteiger partial charge in [0.1, 0.15) is 11.5 Å². The number of hydrogen-bond donors (Lipinski definition) is 1. The van der Waals surface area contributed by atoms with Crippen molar-refractivity contribution in [1.29, 1.82) is 0 Å². The number of aryl methyl sites for hydroxylation is 1. The molecule has 5 atom stereocenters. The van der Waals surface area contributed by atoms with Crippen LogP contribution in [0.25, 0.3) is 0 Å². The highest BCUT2D eigenvalue weighted by atomic mass is 32.3. The molecule has 2 saturated carbocycles. The Labute approximate surface area is 149 Å². The van der Waals surface area contributed by atoms with E-state index in [1.807, 2.05) is 0 Å². The number of hydrogen-bond acceptors (Lipinski definition) is 4. The highest BCUT2D eigenvalue weighted by Gasteiger charge is 2.54. The molecule has 0 saturated heterocycles. The summed E-state index contributed by atoms with van der Waals surface area (Å²) in [5, 5.41) is 0. The molecule has 3 aliphatic carbocycles. The summed E-state index contributed by atoms with van der Waals surface area (Å²) in [6, 6.07) is 3.79. The van der Waals surface area contributed by atoms with Crippen molar-refractivity contribution in [2.45, 2.75) is 51.2 Å². The van der Waals surface area contributed by atoms with Gasteiger partial charge in [-0.1, -0.05) is 13.0 Å². The van der Waals surface area contributed by atoms with Gasteiger partial charge >= 0.3 is 10.4 Å². The van der Waals surface area contributed by atoms with Crippen LogP contribution in [0.3, 0.4) is 0 Å². The molecule has 0 heterocycles. The third kappa shape index (κ3) is 2.47. The number of carbonyl (C=O) groups excluding carboxylic acids is 1. The van der Waals surface area contributed by atoms with Crippen molar-refractivity contribution in [3.05, 3.63) is 29.3 Å². The molecule has 4 rings (SSSR count). The minimum atomic E-state index is -4.82. The van der Waals surface area contributed by atoms with E-state index in [2.05, 4.69) is 4.18 Å². The second kappa shape index (κ2) is 5.30. The molecule has 0 aromatic heterocycles. The molecule has 5 nitrogen and oxygen atoms in total. The molecular weight excluding hydrogens is 328 g/mol. The average Bonchev–Trinajstić information content (AvgIpc) is 2.86. The van der Waals surface area contributed by atoms with Gasteiger partial charge in [0.05, 0.1) is 0 Å². The fraction of sp³-hybridized carbons (Fsp3) is 0.611. The Hall–Kier alpha value is -1.40. The summed E-state index contributed by atoms with van der Waals surface area (Å²) in [6.45, 7) is 1.77. The van der Waals surface area contributed by atoms with Crippen molar-refractivity contribution < 1.29 is 28.8 Å². The van der Waals surface area contributed by atoms with Gasteiger partial charge in [-0.3, -0.25) is 9.35 Å². The van der Waals surface area contributed by atoms with Crippen molar-refractivity contribution in [1.82, 2.24) is 0 Å². The van der Waals surface area contributed by atoms with Gasteiger partial charge in [0.15, 0.2) is 0 Å². The molecule has 2 fully saturated rings. The lowest BCUT2D eigenvalue weighted by Gasteiger charge is -2.48. The molecule has 1 unspecified atom stereocenters. The molecule has 1 aromatic rings. The molecule has 0 spiro atoms. The van der Waals surface area contributed by atoms with Crippen LogP contribution >= 0.6 is 0 Å². The van der Waals surface area contributed by atoms with Gasteiger partial charge in [0, 0.05) is 18.7 Å². The van der Waals surface area contributed by atoms with Crippen LogP contribution in [0, 0.1) is 17.3 Å². The van der Waals surface area contributed by atoms with Crippen molar-refractivity contribution in [2.24, 2.45) is 17.3 Å². The molecular formula is C18H22O5S. The van der Waals surface area contributed by atoms with Crippen LogP contribution in [-0.4, -0.2) is 18.8 Å². The monoisotopic (exact) mass is 355 g/mol. The predicted octanol–water partition coefficient (Wildman–Crippen LogP) is 3.29. The lowest BCUT2D eigenvalue weighted by atomic mass is 9.55. The summed E-state index contributed by atoms with van der Waals surface area (Å²) in [4.78, 5) is 12.5. The van der Waals surface area contributed by atoms with Gasteiger partial charge in [0.2, 0.25) is 0 Å². The lowest BCUT2D eigenvalue weighted by molar-refractivity contribution is -0.129. The third-order valence-electron chi connectivity index (χ3n) is 5.71. The Bertz CT molecular complexity index is 994. The van der Waals surface area contributed by atoms with Gasteiger partial charge in [-0.2, -0.15) is 8.42 Å². The number of ketones is 1. The smallest absolute Gasteiger partial charge is 0.362 e. The largest absolute Gasteiger partial charge is 0.446 e. The summed E-state index contributed by atoms with van der Waals surface area (Å²) in [7, 11) is -4.82. The maximum Gasteiger partial charge on any atom is 0.446 e. The highest BCUT2D eigenvalue weighted by Crippen LogP contribution is 2.59. The van der Waals surface area contributed by atoms with Gasteiger partial charge in [-0.05, 0) is 73.0 Å². The van der Waals surface area contributed by atoms with E-state index < -0.39 is 46.8 Å². The summed E-state index contributed by atoms with van der Waals surface area (Å²) in [5.74, 6) is -2.17. The van der Waals surface area contributed by atoms with E-state index in [0.717, 1.165) is 6.07 Å². The average molecular weight is 355 g/mol. The van der Waals surface area contributed by atoms with Crippen LogP contribution in [0.1, 0.15) is 62.9 Å². The Balaban J connectivity index is 1.90. The minimum absolute atomic E-state index is 0.0114. The first kappa shape index (κ1) is 11.3. The molecule has 0 aliphatic heterocycles. The van der Waals surface area contributed by atoms with Gasteiger partial charge in [-0.15, -0.1) is 0 Å². The van der Waals surface area contributed by atoms with Crippen LogP contribution in [0.4, 0.5) is 0 Å². The Kier molecular flexibility index (Phi) is 2.49. The zero-order chi connectivity index (χ0) is 21.6. The highest BCUT2D eigenvalue weighted by molar-refractivity contribution is 7.81. The second-order valence-corrected chi connectivity index (χ2v) is 8.03. The van der Waals surface area contributed by atoms with E-state index in [-0.39, 0.29) is 29.4 Å². The second-order valence-electron chi connectivity index (χ2n) is 7.01. The Morgan fingerprint density at radius 3 is 2.96 bits per heavy atom. The number of rotatable bonds is 2. The fourth-order valence-electron chi connectivity index (χ4n) is 4.49. The SMILES string of the molecule is [2H]C1C[C@]2(C)C(=O)CC[C@H]2[C@H]2[C@H]1c1ccc(OS(=O)(=O)O)cc1C([2H])([2H])C2([2H])[2H]. The molecule has 0 radical (unpaired) electrons. The summed E-state index contributed by atoms with van der Waals surface area (Å²) < 4.78 is 78.7. The first-order chi connectivity index (χ1) is 13.2. The lowest BCUT2D eigenvalue weighted by Crippen LogP contribution is -2.42. The van der Waals surface area contributed by atoms with Crippen molar-refractivity contribution in [3.63, 3.8) is 0 Å². The van der Waals surface area contributed by atoms with E-state index in [0.29, 0.717) is 18.4 Å². The number of fused-ring (bicyclic) bond motifs is 5. The molecule has 24 heavy (non-hydrogen) atoms. The predicted molar refractivity (Wildman–Crippen MR) is 88.2 cm³/mol. The van der Waals surface area contributed by atoms with E-state index in [1.54, 1.807) is 6.92 Å². The number of Topliss-reactive ketones (excluding diaryl/α,β-unsaturated/α-hetero) is 1. The number of carbonyl (C=O) groups is 1. The van der Waals surface area contributed by atoms with Crippen molar-refractivity contribution in [3.8, 4) is 5.75 Å². The van der Waals surface area contributed by atoms with Crippen LogP contribution in [-0.2, 0) is 21.6 Å². The summed E-state index contributed by atoms with van der Waals surface area (Å²) in [6.07, 6.45) is -4.65. The molecule has 1 N–H and O–H groups in total. The molecule has 1 aromatic carbocycles. The standard InChI is InChI=1S/C18H22O5S/c1-18-9-8-14-13-5-3-12(23-24(20,21)22)10-11(13)2-4-15(14)16(18)6-7-17(18)19/h3,5,10,14-16H,2,4,6-9H2,1H3,(H,20,21,22)/t14-,15-,16+,18+/m1/s1/i2D2,4D2,8D/t8?,14-,15-,16+,18+. The Morgan fingerprint density at radius 1 is 1.42 bits per heavy atom. The van der Waals surface area contributed by atoms with E-state index in [1.165, 1.54) is 12.1 Å². The molecule has 3 aliphatic rings. The van der Waals surface area contributed by atoms with E-state index in [4.69, 9.17) is 11.4 Å². The maximum atomic E-state index is 12.5. The Morgan fingerprint density at radius 2 is 2.21 bits per heavy atom. The van der Waals surface area contributed by atoms with Crippen molar-refractivity contribution >= 4 is 16.2 Å². The molecule has 0 amide bonds. The molecule has 0 bridgehead atoms. The normalized spacial score (nSPS) is 45.4. The first-order valence-electron chi connectivity index (χ1n) is 10.5. The van der Waals surface area contributed by atoms with Gasteiger partial charge < -0.3 is 4.18 Å². The zero-order valence-electron chi connectivity index (χ0n) is 18.2. The third-order valence-corrected chi connectivity index (χ3v) is 6.12. The minimum Gasteiger partial charge on any atom is -0.362 e. The molecule has 130 valence electrons. The van der Waals surface area contributed by atoms with Crippen LogP contribution < -0.4 is 4.18 Å². The maximum absolute atomic E-state index is 12.5. The molecule has 6 heteroatoms. The van der Waals surface area contributed by atoms with Crippen molar-refractivity contribution in [2.75, 3.05) is 0 Å². The first-order valence-corrected chi connectivity index (χ1v) is 9.33. The summed E-state index contributed by atoms with van der Waals surface area (Å²) >= 11 is 0.